The summed E-state index contributed by atoms with van der Waals surface area (Å²) in [6.45, 7) is 6.51. The van der Waals surface area contributed by atoms with Gasteiger partial charge in [0, 0.05) is 30.0 Å². The Kier molecular flexibility index (Phi) is 3.83. The third-order valence-corrected chi connectivity index (χ3v) is 6.63. The molecule has 22 heavy (non-hydrogen) atoms. The molecular formula is C16H24N2O3S. The van der Waals surface area contributed by atoms with Crippen molar-refractivity contribution in [1.82, 2.24) is 9.47 Å². The second-order valence-electron chi connectivity index (χ2n) is 6.53. The average molecular weight is 324 g/mol. The Bertz CT molecular complexity index is 701. The van der Waals surface area contributed by atoms with E-state index >= 15 is 0 Å². The number of hydrogen-bond donors (Lipinski definition) is 0. The summed E-state index contributed by atoms with van der Waals surface area (Å²) < 4.78 is 25.7. The van der Waals surface area contributed by atoms with Gasteiger partial charge in [0.1, 0.15) is 0 Å². The Balaban J connectivity index is 1.87. The number of carbonyl (C=O) groups excluding carboxylic acids is 1. The van der Waals surface area contributed by atoms with E-state index in [2.05, 4.69) is 4.57 Å². The maximum absolute atomic E-state index is 12.9. The molecule has 122 valence electrons. The predicted molar refractivity (Wildman–Crippen MR) is 85.9 cm³/mol. The summed E-state index contributed by atoms with van der Waals surface area (Å²) in [4.78, 5) is 14.7. The molecule has 3 rings (SSSR count). The quantitative estimate of drug-likeness (QED) is 0.852. The molecule has 1 aromatic heterocycles. The Morgan fingerprint density at radius 3 is 2.50 bits per heavy atom. The minimum absolute atomic E-state index is 0.0235. The number of amides is 1. The normalized spacial score (nSPS) is 23.7. The van der Waals surface area contributed by atoms with Crippen LogP contribution in [0.2, 0.25) is 0 Å². The van der Waals surface area contributed by atoms with Gasteiger partial charge in [-0.1, -0.05) is 0 Å². The summed E-state index contributed by atoms with van der Waals surface area (Å²) in [6.07, 6.45) is 2.92. The molecule has 1 saturated carbocycles. The number of aryl methyl sites for hydroxylation is 1. The molecule has 0 N–H and O–H groups in total. The fraction of sp³-hybridized carbons (Fsp3) is 0.688. The molecule has 0 spiro atoms. The Hall–Kier alpha value is -1.30. The first-order chi connectivity index (χ1) is 10.3. The zero-order valence-corrected chi connectivity index (χ0v) is 14.3. The van der Waals surface area contributed by atoms with Crippen molar-refractivity contribution in [2.45, 2.75) is 52.1 Å². The molecule has 2 heterocycles. The molecule has 6 heteroatoms. The standard InChI is InChI=1S/C16H24N2O3S/c1-4-17(14-7-8-22(20,21)10-14)16(19)15-9-11(2)18(12(15)3)13-5-6-13/h9,13-14H,4-8,10H2,1-3H3. The van der Waals surface area contributed by atoms with Crippen LogP contribution in [0.3, 0.4) is 0 Å². The molecule has 2 fully saturated rings. The van der Waals surface area contributed by atoms with Gasteiger partial charge >= 0.3 is 0 Å². The van der Waals surface area contributed by atoms with E-state index in [1.807, 2.05) is 26.8 Å². The van der Waals surface area contributed by atoms with Crippen LogP contribution in [0.1, 0.15) is 54.0 Å². The molecule has 1 amide bonds. The minimum Gasteiger partial charge on any atom is -0.345 e. The van der Waals surface area contributed by atoms with Crippen molar-refractivity contribution in [2.24, 2.45) is 0 Å². The van der Waals surface area contributed by atoms with Gasteiger partial charge in [-0.15, -0.1) is 0 Å². The van der Waals surface area contributed by atoms with Crippen molar-refractivity contribution in [2.75, 3.05) is 18.1 Å². The maximum Gasteiger partial charge on any atom is 0.255 e. The van der Waals surface area contributed by atoms with E-state index in [-0.39, 0.29) is 23.5 Å². The minimum atomic E-state index is -2.98. The van der Waals surface area contributed by atoms with E-state index in [0.717, 1.165) is 17.0 Å². The molecule has 0 bridgehead atoms. The van der Waals surface area contributed by atoms with E-state index < -0.39 is 9.84 Å². The highest BCUT2D eigenvalue weighted by Gasteiger charge is 2.36. The van der Waals surface area contributed by atoms with Gasteiger partial charge in [0.05, 0.1) is 17.1 Å². The van der Waals surface area contributed by atoms with Gasteiger partial charge in [0.25, 0.3) is 5.91 Å². The van der Waals surface area contributed by atoms with Gasteiger partial charge in [-0.05, 0) is 46.1 Å². The Morgan fingerprint density at radius 2 is 2.00 bits per heavy atom. The molecule has 1 atom stereocenters. The van der Waals surface area contributed by atoms with Crippen LogP contribution in [0.25, 0.3) is 0 Å². The molecule has 0 radical (unpaired) electrons. The van der Waals surface area contributed by atoms with Crippen molar-refractivity contribution >= 4 is 15.7 Å². The molecule has 1 unspecified atom stereocenters. The van der Waals surface area contributed by atoms with Gasteiger partial charge in [0.15, 0.2) is 9.84 Å². The summed E-state index contributed by atoms with van der Waals surface area (Å²) in [5.74, 6) is 0.279. The lowest BCUT2D eigenvalue weighted by atomic mass is 10.1. The zero-order valence-electron chi connectivity index (χ0n) is 13.5. The number of sulfone groups is 1. The van der Waals surface area contributed by atoms with Gasteiger partial charge in [-0.3, -0.25) is 4.79 Å². The van der Waals surface area contributed by atoms with Crippen molar-refractivity contribution in [3.05, 3.63) is 23.0 Å². The highest BCUT2D eigenvalue weighted by molar-refractivity contribution is 7.91. The molecule has 5 nitrogen and oxygen atoms in total. The van der Waals surface area contributed by atoms with Gasteiger partial charge in [0.2, 0.25) is 0 Å². The van der Waals surface area contributed by atoms with Crippen LogP contribution < -0.4 is 0 Å². The number of nitrogens with zero attached hydrogens (tertiary/aromatic N) is 2. The number of aromatic nitrogens is 1. The third kappa shape index (κ3) is 2.69. The lowest BCUT2D eigenvalue weighted by Gasteiger charge is -2.27. The summed E-state index contributed by atoms with van der Waals surface area (Å²) >= 11 is 0. The molecule has 2 aliphatic rings. The molecular weight excluding hydrogens is 300 g/mol. The molecule has 1 saturated heterocycles. The smallest absolute Gasteiger partial charge is 0.255 e. The third-order valence-electron chi connectivity index (χ3n) is 4.88. The van der Waals surface area contributed by atoms with Crippen LogP contribution >= 0.6 is 0 Å². The fourth-order valence-electron chi connectivity index (χ4n) is 3.63. The summed E-state index contributed by atoms with van der Waals surface area (Å²) in [5.41, 5.74) is 2.87. The zero-order chi connectivity index (χ0) is 16.1. The number of carbonyl (C=O) groups is 1. The molecule has 1 aromatic rings. The van der Waals surface area contributed by atoms with E-state index in [1.54, 1.807) is 4.90 Å². The van der Waals surface area contributed by atoms with Gasteiger partial charge in [-0.25, -0.2) is 8.42 Å². The van der Waals surface area contributed by atoms with Crippen LogP contribution in [0.15, 0.2) is 6.07 Å². The summed E-state index contributed by atoms with van der Waals surface area (Å²) in [6, 6.07) is 2.33. The fourth-order valence-corrected chi connectivity index (χ4v) is 5.36. The largest absolute Gasteiger partial charge is 0.345 e. The van der Waals surface area contributed by atoms with Gasteiger partial charge in [-0.2, -0.15) is 0 Å². The topological polar surface area (TPSA) is 59.4 Å². The van der Waals surface area contributed by atoms with E-state index in [4.69, 9.17) is 0 Å². The molecule has 1 aliphatic heterocycles. The number of rotatable bonds is 4. The first kappa shape index (κ1) is 15.6. The van der Waals surface area contributed by atoms with E-state index in [0.29, 0.717) is 19.0 Å². The second kappa shape index (κ2) is 5.41. The lowest BCUT2D eigenvalue weighted by Crippen LogP contribution is -2.41. The van der Waals surface area contributed by atoms with Crippen LogP contribution in [-0.4, -0.2) is 47.9 Å². The molecule has 1 aliphatic carbocycles. The monoisotopic (exact) mass is 324 g/mol. The highest BCUT2D eigenvalue weighted by Crippen LogP contribution is 2.38. The van der Waals surface area contributed by atoms with Crippen LogP contribution in [0, 0.1) is 13.8 Å². The maximum atomic E-state index is 12.9. The first-order valence-corrected chi connectivity index (χ1v) is 9.86. The van der Waals surface area contributed by atoms with Crippen LogP contribution in [-0.2, 0) is 9.84 Å². The van der Waals surface area contributed by atoms with Crippen molar-refractivity contribution in [3.8, 4) is 0 Å². The van der Waals surface area contributed by atoms with Crippen LogP contribution in [0.5, 0.6) is 0 Å². The van der Waals surface area contributed by atoms with Crippen molar-refractivity contribution in [1.29, 1.82) is 0 Å². The second-order valence-corrected chi connectivity index (χ2v) is 8.76. The Morgan fingerprint density at radius 1 is 1.32 bits per heavy atom. The van der Waals surface area contributed by atoms with Crippen molar-refractivity contribution < 1.29 is 13.2 Å². The SMILES string of the molecule is CCN(C(=O)c1cc(C)n(C2CC2)c1C)C1CCS(=O)(=O)C1. The van der Waals surface area contributed by atoms with Gasteiger partial charge < -0.3 is 9.47 Å². The van der Waals surface area contributed by atoms with E-state index in [9.17, 15) is 13.2 Å². The summed E-state index contributed by atoms with van der Waals surface area (Å²) in [5, 5.41) is 0. The summed E-state index contributed by atoms with van der Waals surface area (Å²) in [7, 11) is -2.98. The molecule has 0 aromatic carbocycles. The van der Waals surface area contributed by atoms with Crippen molar-refractivity contribution in [3.63, 3.8) is 0 Å². The number of hydrogen-bond acceptors (Lipinski definition) is 3. The van der Waals surface area contributed by atoms with E-state index in [1.165, 1.54) is 12.8 Å². The lowest BCUT2D eigenvalue weighted by molar-refractivity contribution is 0.0707. The Labute approximate surface area is 132 Å². The predicted octanol–water partition coefficient (Wildman–Crippen LogP) is 2.09. The first-order valence-electron chi connectivity index (χ1n) is 8.04. The highest BCUT2D eigenvalue weighted by atomic mass is 32.2. The van der Waals surface area contributed by atoms with Crippen LogP contribution in [0.4, 0.5) is 0 Å². The average Bonchev–Trinajstić information content (AvgIpc) is 3.14.